The molecule has 0 bridgehead atoms. The molecule has 23 heavy (non-hydrogen) atoms. The standard InChI is InChI=1S/C15H13F2N3O3/c1-8-6-12(20-23-8)19-14(22)15(4-5-15)13(21)18-11-3-2-9(16)7-10(11)17/h2-3,6-7H,4-5H2,1H3,(H,18,21)(H,19,20,22). The van der Waals surface area contributed by atoms with Gasteiger partial charge in [-0.05, 0) is 31.9 Å². The van der Waals surface area contributed by atoms with Crippen LogP contribution in [0.3, 0.4) is 0 Å². The monoisotopic (exact) mass is 321 g/mol. The summed E-state index contributed by atoms with van der Waals surface area (Å²) in [5.74, 6) is -2.10. The van der Waals surface area contributed by atoms with Crippen molar-refractivity contribution in [3.8, 4) is 0 Å². The molecular formula is C15H13F2N3O3. The summed E-state index contributed by atoms with van der Waals surface area (Å²) in [6.45, 7) is 1.67. The third kappa shape index (κ3) is 2.92. The molecule has 2 aromatic rings. The quantitative estimate of drug-likeness (QED) is 0.848. The molecular weight excluding hydrogens is 308 g/mol. The van der Waals surface area contributed by atoms with Crippen molar-refractivity contribution in [1.29, 1.82) is 0 Å². The summed E-state index contributed by atoms with van der Waals surface area (Å²) in [6, 6.07) is 4.31. The number of benzene rings is 1. The summed E-state index contributed by atoms with van der Waals surface area (Å²) < 4.78 is 31.3. The maximum Gasteiger partial charge on any atom is 0.241 e. The lowest BCUT2D eigenvalue weighted by atomic mass is 10.0. The Labute approximate surface area is 129 Å². The first-order valence-electron chi connectivity index (χ1n) is 6.92. The van der Waals surface area contributed by atoms with E-state index >= 15 is 0 Å². The first-order chi connectivity index (χ1) is 10.9. The SMILES string of the molecule is Cc1cc(NC(=O)C2(C(=O)Nc3ccc(F)cc3F)CC2)no1. The highest BCUT2D eigenvalue weighted by Gasteiger charge is 2.56. The molecule has 3 rings (SSSR count). The molecule has 1 aliphatic rings. The number of carbonyl (C=O) groups is 2. The Balaban J connectivity index is 1.72. The minimum Gasteiger partial charge on any atom is -0.360 e. The highest BCUT2D eigenvalue weighted by molar-refractivity contribution is 6.16. The lowest BCUT2D eigenvalue weighted by Gasteiger charge is -2.14. The van der Waals surface area contributed by atoms with Crippen LogP contribution in [0, 0.1) is 24.0 Å². The fourth-order valence-corrected chi connectivity index (χ4v) is 2.18. The highest BCUT2D eigenvalue weighted by Crippen LogP contribution is 2.47. The zero-order valence-corrected chi connectivity index (χ0v) is 12.2. The summed E-state index contributed by atoms with van der Waals surface area (Å²) in [4.78, 5) is 24.6. The molecule has 0 unspecified atom stereocenters. The van der Waals surface area contributed by atoms with Gasteiger partial charge in [0.25, 0.3) is 0 Å². The molecule has 0 atom stereocenters. The molecule has 1 fully saturated rings. The number of anilines is 2. The first kappa shape index (κ1) is 15.1. The van der Waals surface area contributed by atoms with Gasteiger partial charge >= 0.3 is 0 Å². The largest absolute Gasteiger partial charge is 0.360 e. The maximum absolute atomic E-state index is 13.6. The topological polar surface area (TPSA) is 84.2 Å². The van der Waals surface area contributed by atoms with E-state index in [1.54, 1.807) is 6.92 Å². The second-order valence-electron chi connectivity index (χ2n) is 5.44. The summed E-state index contributed by atoms with van der Waals surface area (Å²) in [5, 5.41) is 8.45. The second kappa shape index (κ2) is 5.45. The number of aromatic nitrogens is 1. The van der Waals surface area contributed by atoms with E-state index in [4.69, 9.17) is 4.52 Å². The summed E-state index contributed by atoms with van der Waals surface area (Å²) in [6.07, 6.45) is 0.675. The van der Waals surface area contributed by atoms with Gasteiger partial charge in [0.2, 0.25) is 11.8 Å². The average Bonchev–Trinajstić information content (AvgIpc) is 3.21. The van der Waals surface area contributed by atoms with Gasteiger partial charge in [-0.1, -0.05) is 5.16 Å². The van der Waals surface area contributed by atoms with E-state index in [9.17, 15) is 18.4 Å². The third-order valence-corrected chi connectivity index (χ3v) is 3.67. The van der Waals surface area contributed by atoms with Crippen molar-refractivity contribution in [3.05, 3.63) is 41.7 Å². The molecule has 1 aromatic carbocycles. The molecule has 6 nitrogen and oxygen atoms in total. The molecule has 0 aliphatic heterocycles. The fourth-order valence-electron chi connectivity index (χ4n) is 2.18. The van der Waals surface area contributed by atoms with Gasteiger partial charge in [0.1, 0.15) is 22.8 Å². The van der Waals surface area contributed by atoms with Crippen LogP contribution in [0.2, 0.25) is 0 Å². The van der Waals surface area contributed by atoms with Crippen LogP contribution in [-0.4, -0.2) is 17.0 Å². The van der Waals surface area contributed by atoms with Crippen molar-refractivity contribution in [3.63, 3.8) is 0 Å². The van der Waals surface area contributed by atoms with Gasteiger partial charge < -0.3 is 15.2 Å². The van der Waals surface area contributed by atoms with Crippen molar-refractivity contribution < 1.29 is 22.9 Å². The van der Waals surface area contributed by atoms with E-state index in [0.29, 0.717) is 24.7 Å². The van der Waals surface area contributed by atoms with Crippen LogP contribution < -0.4 is 10.6 Å². The Bertz CT molecular complexity index is 784. The van der Waals surface area contributed by atoms with E-state index in [1.165, 1.54) is 6.07 Å². The lowest BCUT2D eigenvalue weighted by molar-refractivity contribution is -0.131. The van der Waals surface area contributed by atoms with Gasteiger partial charge in [0.15, 0.2) is 5.82 Å². The molecule has 1 heterocycles. The molecule has 1 aromatic heterocycles. The Morgan fingerprint density at radius 2 is 1.87 bits per heavy atom. The minimum atomic E-state index is -1.27. The van der Waals surface area contributed by atoms with Gasteiger partial charge in [-0.25, -0.2) is 8.78 Å². The van der Waals surface area contributed by atoms with Crippen molar-refractivity contribution in [1.82, 2.24) is 5.16 Å². The number of nitrogens with zero attached hydrogens (tertiary/aromatic N) is 1. The van der Waals surface area contributed by atoms with Crippen LogP contribution in [-0.2, 0) is 9.59 Å². The lowest BCUT2D eigenvalue weighted by Crippen LogP contribution is -2.36. The maximum atomic E-state index is 13.6. The molecule has 0 spiro atoms. The van der Waals surface area contributed by atoms with Gasteiger partial charge in [-0.3, -0.25) is 9.59 Å². The van der Waals surface area contributed by atoms with Crippen molar-refractivity contribution in [2.75, 3.05) is 10.6 Å². The van der Waals surface area contributed by atoms with Gasteiger partial charge in [0, 0.05) is 12.1 Å². The smallest absolute Gasteiger partial charge is 0.241 e. The van der Waals surface area contributed by atoms with Crippen LogP contribution in [0.4, 0.5) is 20.3 Å². The number of amides is 2. The van der Waals surface area contributed by atoms with E-state index < -0.39 is 28.9 Å². The molecule has 0 saturated heterocycles. The minimum absolute atomic E-state index is 0.173. The highest BCUT2D eigenvalue weighted by atomic mass is 19.1. The van der Waals surface area contributed by atoms with Crippen LogP contribution in [0.25, 0.3) is 0 Å². The Morgan fingerprint density at radius 1 is 1.17 bits per heavy atom. The molecule has 1 aliphatic carbocycles. The average molecular weight is 321 g/mol. The number of rotatable bonds is 4. The van der Waals surface area contributed by atoms with Crippen LogP contribution in [0.15, 0.2) is 28.8 Å². The Morgan fingerprint density at radius 3 is 2.43 bits per heavy atom. The van der Waals surface area contributed by atoms with Crippen molar-refractivity contribution >= 4 is 23.3 Å². The van der Waals surface area contributed by atoms with Crippen molar-refractivity contribution in [2.24, 2.45) is 5.41 Å². The van der Waals surface area contributed by atoms with Crippen LogP contribution in [0.1, 0.15) is 18.6 Å². The number of halogens is 2. The molecule has 8 heteroatoms. The zero-order chi connectivity index (χ0) is 16.6. The van der Waals surface area contributed by atoms with E-state index in [-0.39, 0.29) is 11.5 Å². The molecule has 0 radical (unpaired) electrons. The van der Waals surface area contributed by atoms with Gasteiger partial charge in [0.05, 0.1) is 5.69 Å². The molecule has 2 N–H and O–H groups in total. The van der Waals surface area contributed by atoms with Gasteiger partial charge in [-0.15, -0.1) is 0 Å². The second-order valence-corrected chi connectivity index (χ2v) is 5.44. The number of aryl methyl sites for hydroxylation is 1. The molecule has 120 valence electrons. The number of nitrogens with one attached hydrogen (secondary N) is 2. The van der Waals surface area contributed by atoms with E-state index in [0.717, 1.165) is 12.1 Å². The summed E-state index contributed by atoms with van der Waals surface area (Å²) in [7, 11) is 0. The fraction of sp³-hybridized carbons (Fsp3) is 0.267. The van der Waals surface area contributed by atoms with Crippen LogP contribution in [0.5, 0.6) is 0 Å². The number of carbonyl (C=O) groups excluding carboxylic acids is 2. The Hall–Kier alpha value is -2.77. The summed E-state index contributed by atoms with van der Waals surface area (Å²) in [5.41, 5.74) is -1.44. The Kier molecular flexibility index (Phi) is 3.59. The van der Waals surface area contributed by atoms with E-state index in [1.807, 2.05) is 0 Å². The molecule has 2 amide bonds. The van der Waals surface area contributed by atoms with Gasteiger partial charge in [-0.2, -0.15) is 0 Å². The van der Waals surface area contributed by atoms with Crippen molar-refractivity contribution in [2.45, 2.75) is 19.8 Å². The third-order valence-electron chi connectivity index (χ3n) is 3.67. The molecule has 1 saturated carbocycles. The first-order valence-corrected chi connectivity index (χ1v) is 6.92. The number of hydrogen-bond acceptors (Lipinski definition) is 4. The normalized spacial score (nSPS) is 15.1. The summed E-state index contributed by atoms with van der Waals surface area (Å²) >= 11 is 0. The number of hydrogen-bond donors (Lipinski definition) is 2. The van der Waals surface area contributed by atoms with Crippen LogP contribution >= 0.6 is 0 Å². The predicted octanol–water partition coefficient (Wildman–Crippen LogP) is 2.62. The zero-order valence-electron chi connectivity index (χ0n) is 12.2. The van der Waals surface area contributed by atoms with E-state index in [2.05, 4.69) is 15.8 Å². The predicted molar refractivity (Wildman–Crippen MR) is 76.5 cm³/mol.